The SMILES string of the molecule is CN(Cc1ccccc1)c1ccc(Cc2ccc(N(C)Cc3ccccc3)cc2)cc1. The van der Waals surface area contributed by atoms with E-state index in [0.29, 0.717) is 0 Å². The van der Waals surface area contributed by atoms with Crippen LogP contribution in [-0.4, -0.2) is 14.1 Å². The number of hydrogen-bond donors (Lipinski definition) is 0. The summed E-state index contributed by atoms with van der Waals surface area (Å²) in [6.45, 7) is 1.83. The molecule has 0 heterocycles. The number of anilines is 2. The van der Waals surface area contributed by atoms with E-state index in [-0.39, 0.29) is 0 Å². The fourth-order valence-corrected chi connectivity index (χ4v) is 3.87. The highest BCUT2D eigenvalue weighted by Gasteiger charge is 2.05. The second-order valence-electron chi connectivity index (χ2n) is 8.19. The zero-order valence-electron chi connectivity index (χ0n) is 18.4. The third-order valence-corrected chi connectivity index (χ3v) is 5.69. The molecule has 0 amide bonds. The monoisotopic (exact) mass is 406 g/mol. The van der Waals surface area contributed by atoms with Gasteiger partial charge in [-0.05, 0) is 52.9 Å². The average molecular weight is 407 g/mol. The first kappa shape index (κ1) is 20.7. The number of rotatable bonds is 8. The Morgan fingerprint density at radius 1 is 0.419 bits per heavy atom. The molecule has 0 aliphatic rings. The van der Waals surface area contributed by atoms with E-state index in [1.807, 2.05) is 0 Å². The van der Waals surface area contributed by atoms with Crippen LogP contribution in [0.4, 0.5) is 11.4 Å². The van der Waals surface area contributed by atoms with Gasteiger partial charge in [0.2, 0.25) is 0 Å². The zero-order chi connectivity index (χ0) is 21.5. The third-order valence-electron chi connectivity index (χ3n) is 5.69. The van der Waals surface area contributed by atoms with Crippen molar-refractivity contribution in [2.75, 3.05) is 23.9 Å². The predicted octanol–water partition coefficient (Wildman–Crippen LogP) is 6.55. The van der Waals surface area contributed by atoms with E-state index in [9.17, 15) is 0 Å². The molecule has 31 heavy (non-hydrogen) atoms. The van der Waals surface area contributed by atoms with Gasteiger partial charge < -0.3 is 9.80 Å². The summed E-state index contributed by atoms with van der Waals surface area (Å²) in [7, 11) is 4.29. The largest absolute Gasteiger partial charge is 0.370 e. The lowest BCUT2D eigenvalue weighted by atomic mass is 10.0. The standard InChI is InChI=1S/C29H30N2/c1-30(22-26-9-5-3-6-10-26)28-17-13-24(14-18-28)21-25-15-19-29(20-16-25)31(2)23-27-11-7-4-8-12-27/h3-20H,21-23H2,1-2H3. The maximum absolute atomic E-state index is 2.29. The zero-order valence-corrected chi connectivity index (χ0v) is 18.4. The number of benzene rings is 4. The van der Waals surface area contributed by atoms with E-state index < -0.39 is 0 Å². The average Bonchev–Trinajstić information content (AvgIpc) is 2.81. The summed E-state index contributed by atoms with van der Waals surface area (Å²) in [4.78, 5) is 4.58. The van der Waals surface area contributed by atoms with E-state index in [1.165, 1.54) is 33.6 Å². The van der Waals surface area contributed by atoms with E-state index in [1.54, 1.807) is 0 Å². The summed E-state index contributed by atoms with van der Waals surface area (Å²) in [6, 6.07) is 39.0. The number of nitrogens with zero attached hydrogens (tertiary/aromatic N) is 2. The van der Waals surface area contributed by atoms with Crippen LogP contribution in [0.1, 0.15) is 22.3 Å². The summed E-state index contributed by atoms with van der Waals surface area (Å²) in [5.74, 6) is 0. The van der Waals surface area contributed by atoms with Gasteiger partial charge >= 0.3 is 0 Å². The van der Waals surface area contributed by atoms with Gasteiger partial charge in [0.1, 0.15) is 0 Å². The molecule has 0 unspecified atom stereocenters. The molecule has 0 fully saturated rings. The second kappa shape index (κ2) is 9.99. The van der Waals surface area contributed by atoms with Crippen molar-refractivity contribution in [3.05, 3.63) is 131 Å². The summed E-state index contributed by atoms with van der Waals surface area (Å²) < 4.78 is 0. The van der Waals surface area contributed by atoms with Crippen LogP contribution in [0.15, 0.2) is 109 Å². The van der Waals surface area contributed by atoms with Gasteiger partial charge in [-0.15, -0.1) is 0 Å². The maximum Gasteiger partial charge on any atom is 0.0426 e. The Morgan fingerprint density at radius 3 is 1.13 bits per heavy atom. The summed E-state index contributed by atoms with van der Waals surface area (Å²) in [5, 5.41) is 0. The molecule has 2 heteroatoms. The number of hydrogen-bond acceptors (Lipinski definition) is 2. The van der Waals surface area contributed by atoms with Gasteiger partial charge in [-0.25, -0.2) is 0 Å². The first-order valence-corrected chi connectivity index (χ1v) is 10.9. The Kier molecular flexibility index (Phi) is 6.68. The van der Waals surface area contributed by atoms with Gasteiger partial charge in [0, 0.05) is 38.6 Å². The molecule has 0 bridgehead atoms. The van der Waals surface area contributed by atoms with Crippen molar-refractivity contribution in [3.8, 4) is 0 Å². The lowest BCUT2D eigenvalue weighted by Crippen LogP contribution is -2.16. The quantitative estimate of drug-likeness (QED) is 0.327. The molecule has 0 spiro atoms. The van der Waals surface area contributed by atoms with Gasteiger partial charge in [-0.2, -0.15) is 0 Å². The van der Waals surface area contributed by atoms with Crippen molar-refractivity contribution in [1.29, 1.82) is 0 Å². The van der Waals surface area contributed by atoms with Crippen molar-refractivity contribution >= 4 is 11.4 Å². The molecule has 0 saturated heterocycles. The highest BCUT2D eigenvalue weighted by Crippen LogP contribution is 2.21. The Bertz CT molecular complexity index is 966. The van der Waals surface area contributed by atoms with Crippen LogP contribution in [-0.2, 0) is 19.5 Å². The first-order chi connectivity index (χ1) is 15.2. The first-order valence-electron chi connectivity index (χ1n) is 10.9. The molecular weight excluding hydrogens is 376 g/mol. The van der Waals surface area contributed by atoms with Crippen LogP contribution in [0.5, 0.6) is 0 Å². The van der Waals surface area contributed by atoms with Gasteiger partial charge in [0.25, 0.3) is 0 Å². The molecule has 4 rings (SSSR count). The minimum atomic E-state index is 0.915. The van der Waals surface area contributed by atoms with Crippen molar-refractivity contribution in [3.63, 3.8) is 0 Å². The molecule has 0 radical (unpaired) electrons. The van der Waals surface area contributed by atoms with E-state index in [2.05, 4.69) is 133 Å². The van der Waals surface area contributed by atoms with Crippen LogP contribution in [0.2, 0.25) is 0 Å². The van der Waals surface area contributed by atoms with Gasteiger partial charge in [0.15, 0.2) is 0 Å². The highest BCUT2D eigenvalue weighted by atomic mass is 15.1. The topological polar surface area (TPSA) is 6.48 Å². The highest BCUT2D eigenvalue weighted by molar-refractivity contribution is 5.50. The van der Waals surface area contributed by atoms with Crippen LogP contribution in [0, 0.1) is 0 Å². The lowest BCUT2D eigenvalue weighted by molar-refractivity contribution is 0.921. The minimum absolute atomic E-state index is 0.915. The van der Waals surface area contributed by atoms with Crippen LogP contribution in [0.3, 0.4) is 0 Å². The summed E-state index contributed by atoms with van der Waals surface area (Å²) in [5.41, 5.74) is 7.80. The maximum atomic E-state index is 2.29. The Labute approximate surface area is 186 Å². The molecule has 0 aliphatic carbocycles. The molecule has 4 aromatic carbocycles. The molecule has 0 aromatic heterocycles. The molecule has 156 valence electrons. The predicted molar refractivity (Wildman–Crippen MR) is 133 cm³/mol. The third kappa shape index (κ3) is 5.76. The fraction of sp³-hybridized carbons (Fsp3) is 0.172. The molecular formula is C29H30N2. The van der Waals surface area contributed by atoms with Crippen molar-refractivity contribution in [2.45, 2.75) is 19.5 Å². The van der Waals surface area contributed by atoms with E-state index >= 15 is 0 Å². The molecule has 0 saturated carbocycles. The van der Waals surface area contributed by atoms with Crippen molar-refractivity contribution in [2.24, 2.45) is 0 Å². The molecule has 2 nitrogen and oxygen atoms in total. The van der Waals surface area contributed by atoms with E-state index in [0.717, 1.165) is 19.5 Å². The molecule has 0 aliphatic heterocycles. The molecule has 4 aromatic rings. The fourth-order valence-electron chi connectivity index (χ4n) is 3.87. The minimum Gasteiger partial charge on any atom is -0.370 e. The summed E-state index contributed by atoms with van der Waals surface area (Å²) >= 11 is 0. The second-order valence-corrected chi connectivity index (χ2v) is 8.19. The van der Waals surface area contributed by atoms with Gasteiger partial charge in [0.05, 0.1) is 0 Å². The lowest BCUT2D eigenvalue weighted by Gasteiger charge is -2.20. The van der Waals surface area contributed by atoms with Gasteiger partial charge in [-0.3, -0.25) is 0 Å². The molecule has 0 atom stereocenters. The van der Waals surface area contributed by atoms with Crippen molar-refractivity contribution in [1.82, 2.24) is 0 Å². The smallest absolute Gasteiger partial charge is 0.0426 e. The Hall–Kier alpha value is -3.52. The van der Waals surface area contributed by atoms with Crippen LogP contribution >= 0.6 is 0 Å². The summed E-state index contributed by atoms with van der Waals surface area (Å²) in [6.07, 6.45) is 0.950. The van der Waals surface area contributed by atoms with Crippen molar-refractivity contribution < 1.29 is 0 Å². The van der Waals surface area contributed by atoms with Gasteiger partial charge in [-0.1, -0.05) is 84.9 Å². The molecule has 0 N–H and O–H groups in total. The van der Waals surface area contributed by atoms with Crippen LogP contribution < -0.4 is 9.80 Å². The normalized spacial score (nSPS) is 10.6. The van der Waals surface area contributed by atoms with Crippen LogP contribution in [0.25, 0.3) is 0 Å². The Morgan fingerprint density at radius 2 is 0.774 bits per heavy atom. The Balaban J connectivity index is 1.34. The van der Waals surface area contributed by atoms with E-state index in [4.69, 9.17) is 0 Å².